The Bertz CT molecular complexity index is 631. The Morgan fingerprint density at radius 1 is 1.60 bits per heavy atom. The number of phenols is 1. The van der Waals surface area contributed by atoms with Gasteiger partial charge < -0.3 is 15.2 Å². The molecule has 0 aliphatic carbocycles. The number of ether oxygens (including phenoxy) is 1. The second kappa shape index (κ2) is 6.19. The van der Waals surface area contributed by atoms with Crippen LogP contribution in [0, 0.1) is 21.4 Å². The van der Waals surface area contributed by atoms with Crippen molar-refractivity contribution in [1.29, 1.82) is 5.26 Å². The fourth-order valence-electron chi connectivity index (χ4n) is 1.44. The van der Waals surface area contributed by atoms with Crippen molar-refractivity contribution >= 4 is 17.7 Å². The topological polar surface area (TPSA) is 125 Å². The minimum absolute atomic E-state index is 0.125. The van der Waals surface area contributed by atoms with Crippen LogP contribution in [-0.4, -0.2) is 30.1 Å². The molecule has 1 rings (SSSR count). The number of hydrogen-bond acceptors (Lipinski definition) is 6. The van der Waals surface area contributed by atoms with E-state index in [1.165, 1.54) is 20.2 Å². The molecule has 0 unspecified atom stereocenters. The maximum Gasteiger partial charge on any atom is 0.315 e. The van der Waals surface area contributed by atoms with Crippen molar-refractivity contribution in [3.8, 4) is 17.6 Å². The largest absolute Gasteiger partial charge is 0.500 e. The molecule has 0 radical (unpaired) electrons. The zero-order valence-electron chi connectivity index (χ0n) is 10.7. The maximum atomic E-state index is 11.4. The lowest BCUT2D eigenvalue weighted by Crippen LogP contribution is -2.19. The number of nitrogens with zero attached hydrogens (tertiary/aromatic N) is 2. The molecule has 0 aliphatic heterocycles. The highest BCUT2D eigenvalue weighted by Crippen LogP contribution is 2.37. The molecule has 0 saturated carbocycles. The number of hydrogen-bond donors (Lipinski definition) is 2. The van der Waals surface area contributed by atoms with E-state index in [0.29, 0.717) is 0 Å². The third kappa shape index (κ3) is 3.02. The Labute approximate surface area is 114 Å². The summed E-state index contributed by atoms with van der Waals surface area (Å²) in [6.45, 7) is 0. The van der Waals surface area contributed by atoms with Crippen molar-refractivity contribution in [1.82, 2.24) is 5.32 Å². The van der Waals surface area contributed by atoms with Gasteiger partial charge in [0.15, 0.2) is 5.75 Å². The van der Waals surface area contributed by atoms with E-state index in [1.807, 2.05) is 0 Å². The zero-order valence-corrected chi connectivity index (χ0v) is 10.7. The van der Waals surface area contributed by atoms with Crippen LogP contribution in [-0.2, 0) is 4.79 Å². The van der Waals surface area contributed by atoms with Crippen molar-refractivity contribution in [3.05, 3.63) is 33.4 Å². The fourth-order valence-corrected chi connectivity index (χ4v) is 1.44. The van der Waals surface area contributed by atoms with Crippen molar-refractivity contribution < 1.29 is 19.6 Å². The summed E-state index contributed by atoms with van der Waals surface area (Å²) in [6, 6.07) is 4.00. The standard InChI is InChI=1S/C12H11N3O5/c1-14-12(17)8(6-13)3-7-4-9(15(18)19)11(16)10(5-7)20-2/h3-5,16H,1-2H3,(H,14,17)/b8-3+. The van der Waals surface area contributed by atoms with Crippen LogP contribution in [0.5, 0.6) is 11.5 Å². The quantitative estimate of drug-likeness (QED) is 0.365. The number of amides is 1. The number of nitro benzene ring substituents is 1. The fraction of sp³-hybridized carbons (Fsp3) is 0.167. The second-order valence-corrected chi connectivity index (χ2v) is 3.60. The van der Waals surface area contributed by atoms with E-state index in [4.69, 9.17) is 10.00 Å². The molecule has 8 nitrogen and oxygen atoms in total. The van der Waals surface area contributed by atoms with Crippen molar-refractivity contribution in [3.63, 3.8) is 0 Å². The van der Waals surface area contributed by atoms with Crippen LogP contribution in [0.15, 0.2) is 17.7 Å². The Hall–Kier alpha value is -3.08. The van der Waals surface area contributed by atoms with Gasteiger partial charge in [-0.2, -0.15) is 5.26 Å². The zero-order chi connectivity index (χ0) is 15.3. The number of nitro groups is 1. The molecule has 0 heterocycles. The average molecular weight is 277 g/mol. The molecule has 1 aromatic rings. The van der Waals surface area contributed by atoms with Gasteiger partial charge in [-0.1, -0.05) is 0 Å². The Kier molecular flexibility index (Phi) is 4.64. The van der Waals surface area contributed by atoms with Gasteiger partial charge >= 0.3 is 5.69 Å². The number of likely N-dealkylation sites (N-methyl/N-ethyl adjacent to an activating group) is 1. The molecule has 0 aliphatic rings. The van der Waals surface area contributed by atoms with E-state index >= 15 is 0 Å². The monoisotopic (exact) mass is 277 g/mol. The number of nitrogens with one attached hydrogen (secondary N) is 1. The van der Waals surface area contributed by atoms with E-state index in [2.05, 4.69) is 5.32 Å². The molecular weight excluding hydrogens is 266 g/mol. The first kappa shape index (κ1) is 15.0. The molecule has 8 heteroatoms. The number of carbonyl (C=O) groups is 1. The van der Waals surface area contributed by atoms with Crippen LogP contribution in [0.3, 0.4) is 0 Å². The summed E-state index contributed by atoms with van der Waals surface area (Å²) >= 11 is 0. The van der Waals surface area contributed by atoms with Gasteiger partial charge in [0, 0.05) is 13.1 Å². The second-order valence-electron chi connectivity index (χ2n) is 3.60. The van der Waals surface area contributed by atoms with Gasteiger partial charge in [-0.25, -0.2) is 0 Å². The van der Waals surface area contributed by atoms with E-state index in [1.54, 1.807) is 6.07 Å². The van der Waals surface area contributed by atoms with Crippen LogP contribution in [0.25, 0.3) is 6.08 Å². The summed E-state index contributed by atoms with van der Waals surface area (Å²) in [7, 11) is 2.59. The molecule has 20 heavy (non-hydrogen) atoms. The highest BCUT2D eigenvalue weighted by atomic mass is 16.6. The summed E-state index contributed by atoms with van der Waals surface area (Å²) in [5, 5.41) is 31.5. The molecule has 0 fully saturated rings. The first-order valence-corrected chi connectivity index (χ1v) is 5.33. The van der Waals surface area contributed by atoms with Crippen LogP contribution < -0.4 is 10.1 Å². The van der Waals surface area contributed by atoms with Crippen molar-refractivity contribution in [2.75, 3.05) is 14.2 Å². The number of nitriles is 1. The number of rotatable bonds is 4. The molecule has 0 saturated heterocycles. The van der Waals surface area contributed by atoms with Gasteiger partial charge in [0.2, 0.25) is 5.75 Å². The maximum absolute atomic E-state index is 11.4. The number of aromatic hydroxyl groups is 1. The molecule has 2 N–H and O–H groups in total. The summed E-state index contributed by atoms with van der Waals surface area (Å²) in [5.41, 5.74) is -0.620. The minimum Gasteiger partial charge on any atom is -0.500 e. The third-order valence-corrected chi connectivity index (χ3v) is 2.40. The van der Waals surface area contributed by atoms with Gasteiger partial charge in [0.1, 0.15) is 11.6 Å². The van der Waals surface area contributed by atoms with Crippen LogP contribution in [0.1, 0.15) is 5.56 Å². The number of benzene rings is 1. The molecule has 104 valence electrons. The van der Waals surface area contributed by atoms with E-state index in [0.717, 1.165) is 12.1 Å². The molecule has 0 spiro atoms. The highest BCUT2D eigenvalue weighted by molar-refractivity contribution is 6.01. The summed E-state index contributed by atoms with van der Waals surface area (Å²) in [4.78, 5) is 21.4. The summed E-state index contributed by atoms with van der Waals surface area (Å²) in [6.07, 6.45) is 1.16. The molecule has 0 bridgehead atoms. The van der Waals surface area contributed by atoms with Crippen molar-refractivity contribution in [2.24, 2.45) is 0 Å². The third-order valence-electron chi connectivity index (χ3n) is 2.40. The smallest absolute Gasteiger partial charge is 0.315 e. The van der Waals surface area contributed by atoms with E-state index in [9.17, 15) is 20.0 Å². The van der Waals surface area contributed by atoms with Gasteiger partial charge in [-0.15, -0.1) is 0 Å². The first-order chi connectivity index (χ1) is 9.44. The summed E-state index contributed by atoms with van der Waals surface area (Å²) < 4.78 is 4.81. The van der Waals surface area contributed by atoms with Crippen LogP contribution >= 0.6 is 0 Å². The summed E-state index contributed by atoms with van der Waals surface area (Å²) in [5.74, 6) is -1.37. The lowest BCUT2D eigenvalue weighted by Gasteiger charge is -2.05. The van der Waals surface area contributed by atoms with Gasteiger partial charge in [0.25, 0.3) is 5.91 Å². The highest BCUT2D eigenvalue weighted by Gasteiger charge is 2.20. The molecule has 1 amide bonds. The Balaban J connectivity index is 3.43. The molecule has 1 aromatic carbocycles. The van der Waals surface area contributed by atoms with Crippen molar-refractivity contribution in [2.45, 2.75) is 0 Å². The predicted octanol–water partition coefficient (Wildman–Crippen LogP) is 0.962. The lowest BCUT2D eigenvalue weighted by atomic mass is 10.1. The van der Waals surface area contributed by atoms with Crippen LogP contribution in [0.2, 0.25) is 0 Å². The Morgan fingerprint density at radius 2 is 2.25 bits per heavy atom. The van der Waals surface area contributed by atoms with Crippen LogP contribution in [0.4, 0.5) is 5.69 Å². The first-order valence-electron chi connectivity index (χ1n) is 5.33. The lowest BCUT2D eigenvalue weighted by molar-refractivity contribution is -0.386. The minimum atomic E-state index is -0.791. The predicted molar refractivity (Wildman–Crippen MR) is 69.0 cm³/mol. The normalized spacial score (nSPS) is 10.6. The Morgan fingerprint density at radius 3 is 2.70 bits per heavy atom. The van der Waals surface area contributed by atoms with Gasteiger partial charge in [0.05, 0.1) is 12.0 Å². The SMILES string of the molecule is CNC(=O)/C(C#N)=C/c1cc(OC)c(O)c([N+](=O)[O-])c1. The molecule has 0 aromatic heterocycles. The number of phenolic OH excluding ortho intramolecular Hbond substituents is 1. The number of methoxy groups -OCH3 is 1. The molecular formula is C12H11N3O5. The average Bonchev–Trinajstić information content (AvgIpc) is 2.44. The van der Waals surface area contributed by atoms with Gasteiger partial charge in [-0.3, -0.25) is 14.9 Å². The van der Waals surface area contributed by atoms with Gasteiger partial charge in [-0.05, 0) is 17.7 Å². The van der Waals surface area contributed by atoms with E-state index in [-0.39, 0.29) is 16.9 Å². The van der Waals surface area contributed by atoms with E-state index < -0.39 is 22.3 Å². The molecule has 0 atom stereocenters. The number of carbonyl (C=O) groups excluding carboxylic acids is 1.